The fourth-order valence-corrected chi connectivity index (χ4v) is 9.38. The molecule has 1 N–H and O–H groups in total. The summed E-state index contributed by atoms with van der Waals surface area (Å²) in [5.74, 6) is 4.52. The van der Waals surface area contributed by atoms with Crippen molar-refractivity contribution in [2.75, 3.05) is 0 Å². The van der Waals surface area contributed by atoms with Gasteiger partial charge in [-0.15, -0.1) is 0 Å². The molecule has 2 fully saturated rings. The van der Waals surface area contributed by atoms with Crippen LogP contribution in [0.15, 0.2) is 23.5 Å². The SMILES string of the molecule is CC(C)CCC[C@H](C)[C@@H]1CC[C@]2(C)[C@@H]3CC=C4C(C)(C)CC=C(O)[C@]4(C)[C@H]3CC[C@@]12C. The molecule has 176 valence electrons. The lowest BCUT2D eigenvalue weighted by Crippen LogP contribution is -2.56. The molecule has 2 saturated carbocycles. The largest absolute Gasteiger partial charge is 0.512 e. The van der Waals surface area contributed by atoms with E-state index in [4.69, 9.17) is 0 Å². The number of rotatable bonds is 5. The highest BCUT2D eigenvalue weighted by molar-refractivity contribution is 5.39. The highest BCUT2D eigenvalue weighted by atomic mass is 16.3. The van der Waals surface area contributed by atoms with Crippen LogP contribution in [0.25, 0.3) is 0 Å². The molecular weight excluding hydrogens is 376 g/mol. The summed E-state index contributed by atoms with van der Waals surface area (Å²) >= 11 is 0. The maximum Gasteiger partial charge on any atom is 0.0985 e. The summed E-state index contributed by atoms with van der Waals surface area (Å²) in [5.41, 5.74) is 2.42. The van der Waals surface area contributed by atoms with Crippen LogP contribution in [-0.2, 0) is 0 Å². The van der Waals surface area contributed by atoms with E-state index in [-0.39, 0.29) is 10.8 Å². The van der Waals surface area contributed by atoms with Crippen LogP contribution in [0.5, 0.6) is 0 Å². The monoisotopic (exact) mass is 426 g/mol. The van der Waals surface area contributed by atoms with Gasteiger partial charge < -0.3 is 5.11 Å². The summed E-state index contributed by atoms with van der Waals surface area (Å²) in [6, 6.07) is 0. The van der Waals surface area contributed by atoms with Crippen LogP contribution >= 0.6 is 0 Å². The first-order valence-corrected chi connectivity index (χ1v) is 13.5. The molecule has 0 bridgehead atoms. The molecular formula is C30H50O. The highest BCUT2D eigenvalue weighted by Crippen LogP contribution is 2.73. The smallest absolute Gasteiger partial charge is 0.0985 e. The van der Waals surface area contributed by atoms with E-state index in [1.165, 1.54) is 56.9 Å². The standard InChI is InChI=1S/C30H50O/c1-20(2)10-9-11-21(3)22-14-18-29(7)23-12-13-25-27(4,5)17-16-26(31)30(25,8)24(23)15-19-28(22,29)6/h13,16,20-24,31H,9-12,14-15,17-19H2,1-8H3/t21-,22-,23+,24-,28-,29+,30+/m0/s1. The molecule has 7 atom stereocenters. The third kappa shape index (κ3) is 3.30. The van der Waals surface area contributed by atoms with Crippen LogP contribution in [0, 0.1) is 51.2 Å². The molecule has 0 aliphatic heterocycles. The minimum absolute atomic E-state index is 0.143. The first kappa shape index (κ1) is 23.4. The fourth-order valence-electron chi connectivity index (χ4n) is 9.38. The van der Waals surface area contributed by atoms with Crippen LogP contribution in [0.3, 0.4) is 0 Å². The van der Waals surface area contributed by atoms with E-state index < -0.39 is 0 Å². The fraction of sp³-hybridized carbons (Fsp3) is 0.867. The third-order valence-corrected chi connectivity index (χ3v) is 11.4. The van der Waals surface area contributed by atoms with Crippen LogP contribution < -0.4 is 0 Å². The molecule has 0 spiro atoms. The summed E-state index contributed by atoms with van der Waals surface area (Å²) in [5, 5.41) is 11.2. The van der Waals surface area contributed by atoms with Crippen LogP contribution in [0.2, 0.25) is 0 Å². The molecule has 0 radical (unpaired) electrons. The summed E-state index contributed by atoms with van der Waals surface area (Å²) in [7, 11) is 0. The molecule has 0 saturated heterocycles. The molecule has 1 heteroatoms. The van der Waals surface area contributed by atoms with Gasteiger partial charge in [0.15, 0.2) is 0 Å². The van der Waals surface area contributed by atoms with E-state index in [2.05, 4.69) is 67.5 Å². The zero-order chi connectivity index (χ0) is 22.8. The van der Waals surface area contributed by atoms with Crippen molar-refractivity contribution in [1.82, 2.24) is 0 Å². The second-order valence-electron chi connectivity index (χ2n) is 13.8. The quantitative estimate of drug-likeness (QED) is 0.434. The number of aliphatic hydroxyl groups is 1. The maximum absolute atomic E-state index is 11.2. The molecule has 0 unspecified atom stereocenters. The van der Waals surface area contributed by atoms with Gasteiger partial charge in [-0.1, -0.05) is 79.4 Å². The Morgan fingerprint density at radius 1 is 0.903 bits per heavy atom. The Bertz CT molecular complexity index is 756. The first-order chi connectivity index (χ1) is 14.4. The van der Waals surface area contributed by atoms with Gasteiger partial charge in [-0.05, 0) is 97.4 Å². The van der Waals surface area contributed by atoms with Gasteiger partial charge in [0.1, 0.15) is 0 Å². The Labute approximate surface area is 193 Å². The second kappa shape index (κ2) is 7.66. The Hall–Kier alpha value is -0.720. The predicted molar refractivity (Wildman–Crippen MR) is 133 cm³/mol. The molecule has 4 aliphatic rings. The predicted octanol–water partition coefficient (Wildman–Crippen LogP) is 9.11. The molecule has 0 aromatic carbocycles. The van der Waals surface area contributed by atoms with Crippen molar-refractivity contribution in [2.24, 2.45) is 51.2 Å². The average Bonchev–Trinajstić information content (AvgIpc) is 2.96. The molecule has 4 aliphatic carbocycles. The summed E-state index contributed by atoms with van der Waals surface area (Å²) in [6.07, 6.45) is 16.6. The van der Waals surface area contributed by atoms with Crippen LogP contribution in [-0.4, -0.2) is 5.11 Å². The molecule has 1 nitrogen and oxygen atoms in total. The number of aliphatic hydroxyl groups excluding tert-OH is 1. The molecule has 0 amide bonds. The van der Waals surface area contributed by atoms with Gasteiger partial charge >= 0.3 is 0 Å². The first-order valence-electron chi connectivity index (χ1n) is 13.5. The third-order valence-electron chi connectivity index (χ3n) is 11.4. The van der Waals surface area contributed by atoms with Gasteiger partial charge in [0, 0.05) is 5.41 Å². The van der Waals surface area contributed by atoms with Crippen molar-refractivity contribution in [3.63, 3.8) is 0 Å². The van der Waals surface area contributed by atoms with Crippen molar-refractivity contribution in [2.45, 2.75) is 113 Å². The van der Waals surface area contributed by atoms with E-state index in [0.717, 1.165) is 24.2 Å². The van der Waals surface area contributed by atoms with Gasteiger partial charge in [0.25, 0.3) is 0 Å². The zero-order valence-corrected chi connectivity index (χ0v) is 21.9. The number of hydrogen-bond donors (Lipinski definition) is 1. The van der Waals surface area contributed by atoms with Gasteiger partial charge in [-0.25, -0.2) is 0 Å². The summed E-state index contributed by atoms with van der Waals surface area (Å²) in [6.45, 7) is 19.8. The van der Waals surface area contributed by atoms with Crippen molar-refractivity contribution in [3.05, 3.63) is 23.5 Å². The van der Waals surface area contributed by atoms with Crippen molar-refractivity contribution in [3.8, 4) is 0 Å². The lowest BCUT2D eigenvalue weighted by Gasteiger charge is -2.63. The van der Waals surface area contributed by atoms with Gasteiger partial charge in [-0.2, -0.15) is 0 Å². The Morgan fingerprint density at radius 3 is 2.26 bits per heavy atom. The van der Waals surface area contributed by atoms with Crippen LogP contribution in [0.1, 0.15) is 113 Å². The van der Waals surface area contributed by atoms with Gasteiger partial charge in [0.2, 0.25) is 0 Å². The van der Waals surface area contributed by atoms with Crippen molar-refractivity contribution >= 4 is 0 Å². The normalized spacial score (nSPS) is 44.7. The Kier molecular flexibility index (Phi) is 5.79. The number of fused-ring (bicyclic) bond motifs is 5. The van der Waals surface area contributed by atoms with E-state index in [0.29, 0.717) is 28.4 Å². The molecule has 31 heavy (non-hydrogen) atoms. The van der Waals surface area contributed by atoms with Gasteiger partial charge in [-0.3, -0.25) is 0 Å². The maximum atomic E-state index is 11.2. The average molecular weight is 427 g/mol. The molecule has 0 heterocycles. The topological polar surface area (TPSA) is 20.2 Å². The Morgan fingerprint density at radius 2 is 1.58 bits per heavy atom. The molecule has 4 rings (SSSR count). The highest BCUT2D eigenvalue weighted by Gasteiger charge is 2.66. The van der Waals surface area contributed by atoms with Crippen molar-refractivity contribution < 1.29 is 5.11 Å². The van der Waals surface area contributed by atoms with E-state index >= 15 is 0 Å². The number of allylic oxidation sites excluding steroid dienone is 3. The molecule has 0 aromatic rings. The van der Waals surface area contributed by atoms with E-state index in [1.54, 1.807) is 0 Å². The molecule has 0 aromatic heterocycles. The van der Waals surface area contributed by atoms with E-state index in [1.807, 2.05) is 0 Å². The summed E-state index contributed by atoms with van der Waals surface area (Å²) in [4.78, 5) is 0. The zero-order valence-electron chi connectivity index (χ0n) is 21.9. The van der Waals surface area contributed by atoms with E-state index in [9.17, 15) is 5.11 Å². The second-order valence-corrected chi connectivity index (χ2v) is 13.8. The van der Waals surface area contributed by atoms with Crippen molar-refractivity contribution in [1.29, 1.82) is 0 Å². The minimum Gasteiger partial charge on any atom is -0.512 e. The van der Waals surface area contributed by atoms with Gasteiger partial charge in [0.05, 0.1) is 5.76 Å². The summed E-state index contributed by atoms with van der Waals surface area (Å²) < 4.78 is 0. The lowest BCUT2D eigenvalue weighted by molar-refractivity contribution is -0.110. The lowest BCUT2D eigenvalue weighted by atomic mass is 9.41. The number of hydrogen-bond acceptors (Lipinski definition) is 1. The Balaban J connectivity index is 1.63. The minimum atomic E-state index is -0.143. The van der Waals surface area contributed by atoms with Crippen LogP contribution in [0.4, 0.5) is 0 Å².